The smallest absolute Gasteiger partial charge is 0.149 e. The summed E-state index contributed by atoms with van der Waals surface area (Å²) in [6.45, 7) is 6.90. The van der Waals surface area contributed by atoms with Gasteiger partial charge in [-0.2, -0.15) is 0 Å². The van der Waals surface area contributed by atoms with E-state index in [0.717, 1.165) is 25.9 Å². The molecule has 0 spiro atoms. The molecule has 1 aromatic rings. The summed E-state index contributed by atoms with van der Waals surface area (Å²) in [5.41, 5.74) is 3.85. The molecule has 1 aliphatic heterocycles. The second-order valence-corrected chi connectivity index (χ2v) is 8.19. The van der Waals surface area contributed by atoms with E-state index < -0.39 is 9.84 Å². The highest BCUT2D eigenvalue weighted by Crippen LogP contribution is 2.30. The SMILES string of the molecule is CCCNC(C)c1ccc2c(c1)CCN2CCS(C)(=O)=O. The van der Waals surface area contributed by atoms with Crippen LogP contribution in [0.25, 0.3) is 0 Å². The Bertz CT molecular complexity index is 584. The molecule has 1 heterocycles. The highest BCUT2D eigenvalue weighted by atomic mass is 32.2. The predicted molar refractivity (Wildman–Crippen MR) is 88.8 cm³/mol. The van der Waals surface area contributed by atoms with Crippen LogP contribution in [-0.4, -0.2) is 40.1 Å². The minimum Gasteiger partial charge on any atom is -0.370 e. The largest absolute Gasteiger partial charge is 0.370 e. The van der Waals surface area contributed by atoms with Gasteiger partial charge in [0.1, 0.15) is 9.84 Å². The van der Waals surface area contributed by atoms with Crippen molar-refractivity contribution in [3.63, 3.8) is 0 Å². The topological polar surface area (TPSA) is 49.4 Å². The van der Waals surface area contributed by atoms with Crippen LogP contribution in [0, 0.1) is 0 Å². The van der Waals surface area contributed by atoms with E-state index in [2.05, 4.69) is 42.3 Å². The first-order valence-electron chi connectivity index (χ1n) is 7.69. The van der Waals surface area contributed by atoms with Crippen molar-refractivity contribution in [2.75, 3.05) is 36.5 Å². The Balaban J connectivity index is 2.06. The molecule has 0 bridgehead atoms. The van der Waals surface area contributed by atoms with Crippen molar-refractivity contribution >= 4 is 15.5 Å². The third kappa shape index (κ3) is 4.45. The number of nitrogens with zero attached hydrogens (tertiary/aromatic N) is 1. The summed E-state index contributed by atoms with van der Waals surface area (Å²) >= 11 is 0. The van der Waals surface area contributed by atoms with Crippen molar-refractivity contribution in [3.05, 3.63) is 29.3 Å². The molecule has 1 aliphatic rings. The number of sulfone groups is 1. The fourth-order valence-corrected chi connectivity index (χ4v) is 3.30. The average Bonchev–Trinajstić information content (AvgIpc) is 2.84. The quantitative estimate of drug-likeness (QED) is 0.838. The number of hydrogen-bond acceptors (Lipinski definition) is 4. The van der Waals surface area contributed by atoms with E-state index in [1.165, 1.54) is 23.1 Å². The van der Waals surface area contributed by atoms with E-state index in [1.807, 2.05) is 0 Å². The molecule has 118 valence electrons. The molecule has 5 heteroatoms. The lowest BCUT2D eigenvalue weighted by molar-refractivity contribution is 0.570. The monoisotopic (exact) mass is 310 g/mol. The van der Waals surface area contributed by atoms with Crippen LogP contribution in [0.3, 0.4) is 0 Å². The lowest BCUT2D eigenvalue weighted by Gasteiger charge is -2.20. The fourth-order valence-electron chi connectivity index (χ4n) is 2.75. The zero-order valence-corrected chi connectivity index (χ0v) is 14.0. The van der Waals surface area contributed by atoms with Gasteiger partial charge in [0.15, 0.2) is 0 Å². The maximum Gasteiger partial charge on any atom is 0.149 e. The molecule has 0 amide bonds. The van der Waals surface area contributed by atoms with Gasteiger partial charge in [-0.05, 0) is 43.5 Å². The third-order valence-corrected chi connectivity index (χ3v) is 4.95. The van der Waals surface area contributed by atoms with E-state index in [9.17, 15) is 8.42 Å². The molecular formula is C16H26N2O2S. The summed E-state index contributed by atoms with van der Waals surface area (Å²) in [5, 5.41) is 3.50. The molecule has 0 aromatic heterocycles. The van der Waals surface area contributed by atoms with Gasteiger partial charge in [-0.3, -0.25) is 0 Å². The summed E-state index contributed by atoms with van der Waals surface area (Å²) in [6, 6.07) is 6.93. The number of nitrogens with one attached hydrogen (secondary N) is 1. The van der Waals surface area contributed by atoms with Crippen LogP contribution in [0.5, 0.6) is 0 Å². The molecule has 1 aromatic carbocycles. The molecule has 0 saturated heterocycles. The molecule has 1 N–H and O–H groups in total. The average molecular weight is 310 g/mol. The Morgan fingerprint density at radius 1 is 1.38 bits per heavy atom. The predicted octanol–water partition coefficient (Wildman–Crippen LogP) is 2.15. The molecular weight excluding hydrogens is 284 g/mol. The number of hydrogen-bond donors (Lipinski definition) is 1. The van der Waals surface area contributed by atoms with Crippen LogP contribution >= 0.6 is 0 Å². The molecule has 1 atom stereocenters. The minimum atomic E-state index is -2.90. The first-order valence-corrected chi connectivity index (χ1v) is 9.75. The Morgan fingerprint density at radius 3 is 2.81 bits per heavy atom. The zero-order valence-electron chi connectivity index (χ0n) is 13.2. The second-order valence-electron chi connectivity index (χ2n) is 5.93. The van der Waals surface area contributed by atoms with Crippen molar-refractivity contribution in [1.29, 1.82) is 0 Å². The van der Waals surface area contributed by atoms with Crippen molar-refractivity contribution in [3.8, 4) is 0 Å². The second kappa shape index (κ2) is 6.79. The minimum absolute atomic E-state index is 0.225. The van der Waals surface area contributed by atoms with Gasteiger partial charge in [-0.1, -0.05) is 19.1 Å². The Morgan fingerprint density at radius 2 is 2.14 bits per heavy atom. The Kier molecular flexibility index (Phi) is 5.27. The van der Waals surface area contributed by atoms with E-state index in [1.54, 1.807) is 0 Å². The molecule has 4 nitrogen and oxygen atoms in total. The molecule has 21 heavy (non-hydrogen) atoms. The summed E-state index contributed by atoms with van der Waals surface area (Å²) in [7, 11) is -2.90. The zero-order chi connectivity index (χ0) is 15.5. The van der Waals surface area contributed by atoms with E-state index in [0.29, 0.717) is 12.6 Å². The van der Waals surface area contributed by atoms with Gasteiger partial charge in [0.25, 0.3) is 0 Å². The summed E-state index contributed by atoms with van der Waals surface area (Å²) in [6.07, 6.45) is 3.44. The first kappa shape index (κ1) is 16.3. The highest BCUT2D eigenvalue weighted by Gasteiger charge is 2.21. The Labute approximate surface area is 128 Å². The van der Waals surface area contributed by atoms with Crippen molar-refractivity contribution in [2.24, 2.45) is 0 Å². The van der Waals surface area contributed by atoms with Crippen LogP contribution in [0.4, 0.5) is 5.69 Å². The highest BCUT2D eigenvalue weighted by molar-refractivity contribution is 7.90. The van der Waals surface area contributed by atoms with Crippen LogP contribution in [0.1, 0.15) is 37.4 Å². The maximum absolute atomic E-state index is 11.3. The summed E-state index contributed by atoms with van der Waals surface area (Å²) in [4.78, 5) is 2.18. The van der Waals surface area contributed by atoms with E-state index in [4.69, 9.17) is 0 Å². The first-order chi connectivity index (χ1) is 9.90. The van der Waals surface area contributed by atoms with Crippen molar-refractivity contribution in [1.82, 2.24) is 5.32 Å². The van der Waals surface area contributed by atoms with Crippen LogP contribution in [0.15, 0.2) is 18.2 Å². The number of fused-ring (bicyclic) bond motifs is 1. The standard InChI is InChI=1S/C16H26N2O2S/c1-4-8-17-13(2)14-5-6-16-15(12-14)7-9-18(16)10-11-21(3,19)20/h5-6,12-13,17H,4,7-11H2,1-3H3. The van der Waals surface area contributed by atoms with Gasteiger partial charge in [0.05, 0.1) is 5.75 Å². The van der Waals surface area contributed by atoms with Gasteiger partial charge in [-0.25, -0.2) is 8.42 Å². The molecule has 1 unspecified atom stereocenters. The van der Waals surface area contributed by atoms with Gasteiger partial charge in [-0.15, -0.1) is 0 Å². The normalized spacial score (nSPS) is 16.0. The van der Waals surface area contributed by atoms with Gasteiger partial charge in [0, 0.05) is 31.1 Å². The van der Waals surface area contributed by atoms with Crippen LogP contribution in [0.2, 0.25) is 0 Å². The van der Waals surface area contributed by atoms with Gasteiger partial charge < -0.3 is 10.2 Å². The summed E-state index contributed by atoms with van der Waals surface area (Å²) in [5.74, 6) is 0.225. The van der Waals surface area contributed by atoms with Crippen molar-refractivity contribution in [2.45, 2.75) is 32.7 Å². The number of anilines is 1. The van der Waals surface area contributed by atoms with Gasteiger partial charge in [0.2, 0.25) is 0 Å². The maximum atomic E-state index is 11.3. The van der Waals surface area contributed by atoms with Crippen molar-refractivity contribution < 1.29 is 8.42 Å². The molecule has 0 saturated carbocycles. The van der Waals surface area contributed by atoms with Gasteiger partial charge >= 0.3 is 0 Å². The molecule has 0 aliphatic carbocycles. The number of benzene rings is 1. The van der Waals surface area contributed by atoms with E-state index >= 15 is 0 Å². The molecule has 0 radical (unpaired) electrons. The fraction of sp³-hybridized carbons (Fsp3) is 0.625. The lowest BCUT2D eigenvalue weighted by atomic mass is 10.0. The van der Waals surface area contributed by atoms with Crippen LogP contribution < -0.4 is 10.2 Å². The van der Waals surface area contributed by atoms with Crippen LogP contribution in [-0.2, 0) is 16.3 Å². The lowest BCUT2D eigenvalue weighted by Crippen LogP contribution is -2.27. The summed E-state index contributed by atoms with van der Waals surface area (Å²) < 4.78 is 22.6. The third-order valence-electron chi connectivity index (χ3n) is 4.03. The molecule has 2 rings (SSSR count). The van der Waals surface area contributed by atoms with E-state index in [-0.39, 0.29) is 5.75 Å². The number of rotatable bonds is 7. The molecule has 0 fully saturated rings. The Hall–Kier alpha value is -1.07.